The Morgan fingerprint density at radius 3 is 1.64 bits per heavy atom. The molecule has 1 heterocycles. The summed E-state index contributed by atoms with van der Waals surface area (Å²) in [5, 5.41) is 41.1. The molecular formula is C28H44N10O12. The molecule has 1 rings (SSSR count). The molecule has 1 aromatic rings. The lowest BCUT2D eigenvalue weighted by atomic mass is 10.1. The molecule has 22 nitrogen and oxygen atoms in total. The van der Waals surface area contributed by atoms with Gasteiger partial charge in [-0.3, -0.25) is 38.4 Å². The zero-order valence-corrected chi connectivity index (χ0v) is 27.1. The molecule has 6 amide bonds. The monoisotopic (exact) mass is 712 g/mol. The molecule has 0 aliphatic carbocycles. The third-order valence-corrected chi connectivity index (χ3v) is 6.82. The summed E-state index contributed by atoms with van der Waals surface area (Å²) < 4.78 is 0. The van der Waals surface area contributed by atoms with Gasteiger partial charge in [-0.05, 0) is 38.6 Å². The molecule has 4 atom stereocenters. The van der Waals surface area contributed by atoms with E-state index in [-0.39, 0.29) is 12.8 Å². The molecule has 0 fully saturated rings. The molecule has 0 bridgehead atoms. The van der Waals surface area contributed by atoms with Gasteiger partial charge in [0, 0.05) is 31.2 Å². The number of carboxylic acids is 3. The van der Waals surface area contributed by atoms with Crippen LogP contribution in [0.25, 0.3) is 0 Å². The number of carboxylic acid groups (broad SMARTS) is 3. The SMILES string of the molecule is NCCCC[C@H](NC(=O)CNC(=O)[C@H](CCC(=O)O)NC(=O)CNC(=O)[C@H](CCC(=O)O)NC(=O)[C@H](Cc1cnc[nH]1)NC(=O)CN)C(=O)O. The second kappa shape index (κ2) is 22.8. The first-order valence-electron chi connectivity index (χ1n) is 15.4. The number of hydrogen-bond donors (Lipinski definition) is 12. The summed E-state index contributed by atoms with van der Waals surface area (Å²) in [5.41, 5.74) is 11.2. The molecule has 0 saturated heterocycles. The van der Waals surface area contributed by atoms with E-state index in [1.54, 1.807) is 0 Å². The number of amides is 6. The van der Waals surface area contributed by atoms with Crippen molar-refractivity contribution in [1.29, 1.82) is 0 Å². The predicted molar refractivity (Wildman–Crippen MR) is 169 cm³/mol. The molecule has 0 aliphatic heterocycles. The summed E-state index contributed by atoms with van der Waals surface area (Å²) in [6.07, 6.45) is 1.67. The normalized spacial score (nSPS) is 13.0. The molecule has 14 N–H and O–H groups in total. The maximum Gasteiger partial charge on any atom is 0.326 e. The van der Waals surface area contributed by atoms with E-state index in [0.717, 1.165) is 0 Å². The smallest absolute Gasteiger partial charge is 0.326 e. The quantitative estimate of drug-likeness (QED) is 0.0422. The Morgan fingerprint density at radius 1 is 0.660 bits per heavy atom. The number of H-pyrrole nitrogens is 1. The van der Waals surface area contributed by atoms with E-state index in [1.165, 1.54) is 12.5 Å². The minimum Gasteiger partial charge on any atom is -0.481 e. The van der Waals surface area contributed by atoms with Crippen molar-refractivity contribution in [2.75, 3.05) is 26.2 Å². The van der Waals surface area contributed by atoms with Crippen molar-refractivity contribution in [3.8, 4) is 0 Å². The van der Waals surface area contributed by atoms with Gasteiger partial charge >= 0.3 is 17.9 Å². The molecule has 0 aromatic carbocycles. The molecule has 0 saturated carbocycles. The number of aliphatic carboxylic acids is 3. The van der Waals surface area contributed by atoms with Crippen molar-refractivity contribution in [3.63, 3.8) is 0 Å². The minimum absolute atomic E-state index is 0.0900. The van der Waals surface area contributed by atoms with Crippen molar-refractivity contribution in [2.45, 2.75) is 75.5 Å². The van der Waals surface area contributed by atoms with Crippen LogP contribution in [0, 0.1) is 0 Å². The summed E-state index contributed by atoms with van der Waals surface area (Å²) in [7, 11) is 0. The van der Waals surface area contributed by atoms with Gasteiger partial charge in [0.2, 0.25) is 35.4 Å². The van der Waals surface area contributed by atoms with Gasteiger partial charge in [0.1, 0.15) is 24.2 Å². The second-order valence-electron chi connectivity index (χ2n) is 10.8. The number of hydrogen-bond acceptors (Lipinski definition) is 12. The average molecular weight is 713 g/mol. The predicted octanol–water partition coefficient (Wildman–Crippen LogP) is -4.97. The number of nitrogens with one attached hydrogen (secondary N) is 7. The number of aromatic nitrogens is 2. The van der Waals surface area contributed by atoms with Gasteiger partial charge in [-0.25, -0.2) is 9.78 Å². The summed E-state index contributed by atoms with van der Waals surface area (Å²) in [6.45, 7) is -1.63. The fourth-order valence-corrected chi connectivity index (χ4v) is 4.25. The van der Waals surface area contributed by atoms with Gasteiger partial charge in [-0.15, -0.1) is 0 Å². The number of nitrogens with zero attached hydrogens (tertiary/aromatic N) is 1. The summed E-state index contributed by atoms with van der Waals surface area (Å²) >= 11 is 0. The van der Waals surface area contributed by atoms with Gasteiger partial charge in [0.15, 0.2) is 0 Å². The maximum absolute atomic E-state index is 13.1. The molecule has 278 valence electrons. The highest BCUT2D eigenvalue weighted by Gasteiger charge is 2.29. The van der Waals surface area contributed by atoms with Crippen LogP contribution >= 0.6 is 0 Å². The van der Waals surface area contributed by atoms with E-state index in [0.29, 0.717) is 25.1 Å². The van der Waals surface area contributed by atoms with Crippen LogP contribution in [-0.2, 0) is 49.6 Å². The molecule has 22 heteroatoms. The van der Waals surface area contributed by atoms with Crippen molar-refractivity contribution in [1.82, 2.24) is 41.9 Å². The van der Waals surface area contributed by atoms with Crippen LogP contribution < -0.4 is 43.4 Å². The number of aromatic amines is 1. The van der Waals surface area contributed by atoms with Gasteiger partial charge < -0.3 is 63.7 Å². The van der Waals surface area contributed by atoms with Crippen LogP contribution in [0.15, 0.2) is 12.5 Å². The number of carbonyl (C=O) groups is 9. The lowest BCUT2D eigenvalue weighted by Gasteiger charge is -2.23. The molecule has 0 aliphatic rings. The number of rotatable bonds is 25. The number of unbranched alkanes of at least 4 members (excludes halogenated alkanes) is 1. The fourth-order valence-electron chi connectivity index (χ4n) is 4.25. The van der Waals surface area contributed by atoms with Crippen LogP contribution in [0.2, 0.25) is 0 Å². The Hall–Kier alpha value is -5.64. The largest absolute Gasteiger partial charge is 0.481 e. The summed E-state index contributed by atoms with van der Waals surface area (Å²) in [5.74, 6) is -9.32. The van der Waals surface area contributed by atoms with Gasteiger partial charge in [-0.2, -0.15) is 0 Å². The Balaban J connectivity index is 2.89. The van der Waals surface area contributed by atoms with E-state index in [9.17, 15) is 48.3 Å². The second-order valence-corrected chi connectivity index (χ2v) is 10.8. The topological polar surface area (TPSA) is 367 Å². The molecule has 0 spiro atoms. The zero-order valence-electron chi connectivity index (χ0n) is 27.1. The highest BCUT2D eigenvalue weighted by Crippen LogP contribution is 2.04. The Kier molecular flexibility index (Phi) is 19.4. The van der Waals surface area contributed by atoms with Crippen molar-refractivity contribution >= 4 is 53.4 Å². The Labute approximate surface area is 285 Å². The highest BCUT2D eigenvalue weighted by atomic mass is 16.4. The van der Waals surface area contributed by atoms with Crippen molar-refractivity contribution in [2.24, 2.45) is 11.5 Å². The van der Waals surface area contributed by atoms with Crippen LogP contribution in [-0.4, -0.2) is 129 Å². The molecular weight excluding hydrogens is 668 g/mol. The van der Waals surface area contributed by atoms with Crippen molar-refractivity contribution < 1.29 is 58.5 Å². The first-order valence-corrected chi connectivity index (χ1v) is 15.4. The number of imidazole rings is 1. The lowest BCUT2D eigenvalue weighted by Crippen LogP contribution is -2.56. The first-order chi connectivity index (χ1) is 23.7. The standard InChI is InChI=1S/C28H44N10O12/c29-8-2-1-3-18(28(49)50)36-22(41)13-32-25(46)16(4-6-23(42)43)35-21(40)12-33-26(47)17(5-7-24(44)45)38-27(48)19(37-20(39)10-30)9-15-11-31-14-34-15/h11,14,16-19H,1-10,12-13,29-30H2,(H,31,34)(H,32,46)(H,33,47)(H,35,40)(H,36,41)(H,37,39)(H,38,48)(H,42,43)(H,44,45)(H,49,50)/t16-,17-,18-,19-/m0/s1. The number of nitrogens with two attached hydrogens (primary N) is 2. The van der Waals surface area contributed by atoms with Gasteiger partial charge in [0.05, 0.1) is 26.0 Å². The molecule has 0 unspecified atom stereocenters. The van der Waals surface area contributed by atoms with Gasteiger partial charge in [0.25, 0.3) is 0 Å². The van der Waals surface area contributed by atoms with E-state index in [4.69, 9.17) is 21.7 Å². The Morgan fingerprint density at radius 2 is 1.18 bits per heavy atom. The first kappa shape index (κ1) is 42.4. The van der Waals surface area contributed by atoms with Gasteiger partial charge in [-0.1, -0.05) is 0 Å². The van der Waals surface area contributed by atoms with E-state index < -0.39 is 123 Å². The Bertz CT molecular complexity index is 1340. The van der Waals surface area contributed by atoms with E-state index >= 15 is 0 Å². The van der Waals surface area contributed by atoms with E-state index in [2.05, 4.69) is 41.9 Å². The third kappa shape index (κ3) is 17.5. The van der Waals surface area contributed by atoms with Crippen LogP contribution in [0.5, 0.6) is 0 Å². The molecule has 1 aromatic heterocycles. The number of carbonyl (C=O) groups excluding carboxylic acids is 6. The fraction of sp³-hybridized carbons (Fsp3) is 0.571. The molecule has 0 radical (unpaired) electrons. The van der Waals surface area contributed by atoms with Crippen LogP contribution in [0.3, 0.4) is 0 Å². The molecule has 50 heavy (non-hydrogen) atoms. The summed E-state index contributed by atoms with van der Waals surface area (Å²) in [6, 6.07) is -5.50. The average Bonchev–Trinajstić information content (AvgIpc) is 3.58. The minimum atomic E-state index is -1.50. The lowest BCUT2D eigenvalue weighted by molar-refractivity contribution is -0.142. The highest BCUT2D eigenvalue weighted by molar-refractivity contribution is 5.95. The van der Waals surface area contributed by atoms with Crippen molar-refractivity contribution in [3.05, 3.63) is 18.2 Å². The van der Waals surface area contributed by atoms with E-state index in [1.807, 2.05) is 0 Å². The maximum atomic E-state index is 13.1. The zero-order chi connectivity index (χ0) is 37.6. The third-order valence-electron chi connectivity index (χ3n) is 6.82. The van der Waals surface area contributed by atoms with Crippen LogP contribution in [0.1, 0.15) is 50.6 Å². The van der Waals surface area contributed by atoms with Crippen LogP contribution in [0.4, 0.5) is 0 Å². The summed E-state index contributed by atoms with van der Waals surface area (Å²) in [4.78, 5) is 116.